The van der Waals surface area contributed by atoms with E-state index in [9.17, 15) is 9.59 Å². The van der Waals surface area contributed by atoms with Crippen LogP contribution in [-0.2, 0) is 7.05 Å². The Hall–Kier alpha value is -1.88. The van der Waals surface area contributed by atoms with Crippen LogP contribution in [0.3, 0.4) is 0 Å². The van der Waals surface area contributed by atoms with Crippen molar-refractivity contribution in [2.24, 2.45) is 7.05 Å². The number of nitrogens with one attached hydrogen (secondary N) is 1. The van der Waals surface area contributed by atoms with Crippen LogP contribution in [0, 0.1) is 6.92 Å². The van der Waals surface area contributed by atoms with Gasteiger partial charge in [-0.15, -0.1) is 0 Å². The number of nitrogens with zero attached hydrogens (tertiary/aromatic N) is 1. The van der Waals surface area contributed by atoms with Crippen LogP contribution in [0.15, 0.2) is 45.8 Å². The third-order valence-electron chi connectivity index (χ3n) is 2.74. The van der Waals surface area contributed by atoms with Crippen LogP contribution in [0.2, 0.25) is 0 Å². The molecule has 98 valence electrons. The van der Waals surface area contributed by atoms with E-state index in [4.69, 9.17) is 0 Å². The Balaban J connectivity index is 2.31. The molecule has 0 saturated heterocycles. The number of aryl methyl sites for hydroxylation is 2. The van der Waals surface area contributed by atoms with Gasteiger partial charge in [-0.2, -0.15) is 0 Å². The van der Waals surface area contributed by atoms with Crippen molar-refractivity contribution in [1.29, 1.82) is 0 Å². The van der Waals surface area contributed by atoms with Crippen LogP contribution in [-0.4, -0.2) is 10.5 Å². The highest BCUT2D eigenvalue weighted by Crippen LogP contribution is 2.23. The Morgan fingerprint density at radius 3 is 2.74 bits per heavy atom. The van der Waals surface area contributed by atoms with Crippen molar-refractivity contribution in [2.75, 3.05) is 5.32 Å². The Morgan fingerprint density at radius 2 is 2.05 bits per heavy atom. The average Bonchev–Trinajstić information content (AvgIpc) is 2.36. The number of hydrogen-bond donors (Lipinski definition) is 1. The molecular formula is C14H13BrN2O2. The van der Waals surface area contributed by atoms with Gasteiger partial charge in [0.1, 0.15) is 5.56 Å². The van der Waals surface area contributed by atoms with Gasteiger partial charge in [0.2, 0.25) is 0 Å². The Kier molecular flexibility index (Phi) is 3.85. The van der Waals surface area contributed by atoms with Crippen LogP contribution in [0.5, 0.6) is 0 Å². The van der Waals surface area contributed by atoms with Crippen LogP contribution >= 0.6 is 15.9 Å². The Labute approximate surface area is 119 Å². The maximum atomic E-state index is 12.1. The van der Waals surface area contributed by atoms with E-state index < -0.39 is 5.91 Å². The molecule has 19 heavy (non-hydrogen) atoms. The summed E-state index contributed by atoms with van der Waals surface area (Å²) in [5, 5.41) is 2.72. The van der Waals surface area contributed by atoms with Crippen molar-refractivity contribution in [1.82, 2.24) is 4.57 Å². The van der Waals surface area contributed by atoms with Crippen molar-refractivity contribution in [3.8, 4) is 0 Å². The van der Waals surface area contributed by atoms with Crippen molar-refractivity contribution in [3.05, 3.63) is 62.5 Å². The summed E-state index contributed by atoms with van der Waals surface area (Å²) in [5.74, 6) is -0.411. The van der Waals surface area contributed by atoms with E-state index in [1.54, 1.807) is 25.4 Å². The Morgan fingerprint density at radius 1 is 1.32 bits per heavy atom. The minimum absolute atomic E-state index is 0.123. The van der Waals surface area contributed by atoms with Crippen LogP contribution in [0.25, 0.3) is 0 Å². The van der Waals surface area contributed by atoms with Crippen molar-refractivity contribution < 1.29 is 4.79 Å². The first-order valence-corrected chi connectivity index (χ1v) is 6.51. The molecule has 0 unspecified atom stereocenters. The second kappa shape index (κ2) is 5.40. The molecule has 5 heteroatoms. The molecule has 1 heterocycles. The van der Waals surface area contributed by atoms with Gasteiger partial charge in [-0.05, 0) is 52.7 Å². The average molecular weight is 321 g/mol. The van der Waals surface area contributed by atoms with E-state index in [0.29, 0.717) is 5.69 Å². The SMILES string of the molecule is Cc1ccc(NC(=O)c2cccn(C)c2=O)c(Br)c1. The molecule has 0 bridgehead atoms. The van der Waals surface area contributed by atoms with Crippen LogP contribution < -0.4 is 10.9 Å². The standard InChI is InChI=1S/C14H13BrN2O2/c1-9-5-6-12(11(15)8-9)16-13(18)10-4-3-7-17(2)14(10)19/h3-8H,1-2H3,(H,16,18). The number of aromatic nitrogens is 1. The lowest BCUT2D eigenvalue weighted by Gasteiger charge is -2.08. The highest BCUT2D eigenvalue weighted by atomic mass is 79.9. The van der Waals surface area contributed by atoms with Gasteiger partial charge in [0.05, 0.1) is 5.69 Å². The van der Waals surface area contributed by atoms with Crippen molar-refractivity contribution in [3.63, 3.8) is 0 Å². The van der Waals surface area contributed by atoms with E-state index >= 15 is 0 Å². The summed E-state index contributed by atoms with van der Waals surface area (Å²) in [6, 6.07) is 8.77. The molecule has 0 radical (unpaired) electrons. The summed E-state index contributed by atoms with van der Waals surface area (Å²) in [6.45, 7) is 1.96. The second-order valence-electron chi connectivity index (χ2n) is 4.28. The number of anilines is 1. The number of carbonyl (C=O) groups is 1. The number of carbonyl (C=O) groups excluding carboxylic acids is 1. The zero-order valence-electron chi connectivity index (χ0n) is 10.6. The van der Waals surface area contributed by atoms with Gasteiger partial charge in [0.25, 0.3) is 11.5 Å². The fourth-order valence-electron chi connectivity index (χ4n) is 1.68. The minimum atomic E-state index is -0.411. The number of rotatable bonds is 2. The third kappa shape index (κ3) is 2.93. The molecule has 0 fully saturated rings. The third-order valence-corrected chi connectivity index (χ3v) is 3.40. The number of benzene rings is 1. The molecular weight excluding hydrogens is 308 g/mol. The molecule has 0 aliphatic heterocycles. The monoisotopic (exact) mass is 320 g/mol. The lowest BCUT2D eigenvalue weighted by molar-refractivity contribution is 0.102. The van der Waals surface area contributed by atoms with E-state index in [1.165, 1.54) is 10.6 Å². The van der Waals surface area contributed by atoms with Gasteiger partial charge in [-0.1, -0.05) is 6.07 Å². The fourth-order valence-corrected chi connectivity index (χ4v) is 2.27. The van der Waals surface area contributed by atoms with Gasteiger partial charge in [0, 0.05) is 17.7 Å². The fraction of sp³-hybridized carbons (Fsp3) is 0.143. The van der Waals surface area contributed by atoms with Gasteiger partial charge >= 0.3 is 0 Å². The predicted octanol–water partition coefficient (Wildman–Crippen LogP) is 2.71. The number of amides is 1. The predicted molar refractivity (Wildman–Crippen MR) is 78.5 cm³/mol. The van der Waals surface area contributed by atoms with Gasteiger partial charge < -0.3 is 9.88 Å². The summed E-state index contributed by atoms with van der Waals surface area (Å²) in [6.07, 6.45) is 1.61. The molecule has 2 rings (SSSR count). The molecule has 1 aromatic carbocycles. The minimum Gasteiger partial charge on any atom is -0.321 e. The molecule has 0 aliphatic carbocycles. The topological polar surface area (TPSA) is 51.1 Å². The molecule has 0 saturated carbocycles. The zero-order chi connectivity index (χ0) is 14.0. The smallest absolute Gasteiger partial charge is 0.263 e. The molecule has 0 spiro atoms. The maximum absolute atomic E-state index is 12.1. The van der Waals surface area contributed by atoms with Gasteiger partial charge in [-0.3, -0.25) is 9.59 Å². The van der Waals surface area contributed by atoms with Gasteiger partial charge in [-0.25, -0.2) is 0 Å². The highest BCUT2D eigenvalue weighted by Gasteiger charge is 2.12. The van der Waals surface area contributed by atoms with Crippen molar-refractivity contribution >= 4 is 27.5 Å². The van der Waals surface area contributed by atoms with Gasteiger partial charge in [0.15, 0.2) is 0 Å². The first-order valence-electron chi connectivity index (χ1n) is 5.72. The van der Waals surface area contributed by atoms with E-state index in [2.05, 4.69) is 21.2 Å². The molecule has 0 atom stereocenters. The molecule has 1 aromatic heterocycles. The first kappa shape index (κ1) is 13.5. The largest absolute Gasteiger partial charge is 0.321 e. The quantitative estimate of drug-likeness (QED) is 0.925. The summed E-state index contributed by atoms with van der Waals surface area (Å²) in [7, 11) is 1.61. The number of halogens is 1. The van der Waals surface area contributed by atoms with Crippen molar-refractivity contribution in [2.45, 2.75) is 6.92 Å². The lowest BCUT2D eigenvalue weighted by Crippen LogP contribution is -2.27. The Bertz CT molecular complexity index is 692. The molecule has 1 N–H and O–H groups in total. The summed E-state index contributed by atoms with van der Waals surface area (Å²) < 4.78 is 2.16. The lowest BCUT2D eigenvalue weighted by atomic mass is 10.2. The normalized spacial score (nSPS) is 10.3. The summed E-state index contributed by atoms with van der Waals surface area (Å²) in [4.78, 5) is 23.9. The van der Waals surface area contributed by atoms with E-state index in [0.717, 1.165) is 10.0 Å². The van der Waals surface area contributed by atoms with E-state index in [1.807, 2.05) is 19.1 Å². The highest BCUT2D eigenvalue weighted by molar-refractivity contribution is 9.10. The summed E-state index contributed by atoms with van der Waals surface area (Å²) in [5.41, 5.74) is 1.53. The second-order valence-corrected chi connectivity index (χ2v) is 5.13. The van der Waals surface area contributed by atoms with E-state index in [-0.39, 0.29) is 11.1 Å². The zero-order valence-corrected chi connectivity index (χ0v) is 12.2. The van der Waals surface area contributed by atoms with Crippen LogP contribution in [0.4, 0.5) is 5.69 Å². The molecule has 2 aromatic rings. The number of hydrogen-bond acceptors (Lipinski definition) is 2. The maximum Gasteiger partial charge on any atom is 0.263 e. The summed E-state index contributed by atoms with van der Waals surface area (Å²) >= 11 is 3.38. The first-order chi connectivity index (χ1) is 8.99. The molecule has 0 aliphatic rings. The molecule has 4 nitrogen and oxygen atoms in total. The van der Waals surface area contributed by atoms with Crippen LogP contribution in [0.1, 0.15) is 15.9 Å². The number of pyridine rings is 1. The molecule has 1 amide bonds.